The van der Waals surface area contributed by atoms with Gasteiger partial charge in [0.1, 0.15) is 4.88 Å². The van der Waals surface area contributed by atoms with Crippen molar-refractivity contribution in [3.63, 3.8) is 0 Å². The molecule has 23 heavy (non-hydrogen) atoms. The molecular formula is C18H16ClNOS2. The van der Waals surface area contributed by atoms with Crippen molar-refractivity contribution < 1.29 is 4.79 Å². The van der Waals surface area contributed by atoms with Crippen LogP contribution in [0.5, 0.6) is 0 Å². The summed E-state index contributed by atoms with van der Waals surface area (Å²) in [6.07, 6.45) is 0. The van der Waals surface area contributed by atoms with Crippen molar-refractivity contribution >= 4 is 50.7 Å². The number of thiophene rings is 1. The van der Waals surface area contributed by atoms with Crippen LogP contribution in [0.4, 0.5) is 0 Å². The quantitative estimate of drug-likeness (QED) is 0.610. The van der Waals surface area contributed by atoms with Crippen LogP contribution in [0.1, 0.15) is 15.2 Å². The van der Waals surface area contributed by atoms with Gasteiger partial charge in [0.15, 0.2) is 0 Å². The van der Waals surface area contributed by atoms with Gasteiger partial charge in [0.25, 0.3) is 5.91 Å². The molecule has 5 heteroatoms. The van der Waals surface area contributed by atoms with Crippen LogP contribution < -0.4 is 5.32 Å². The minimum absolute atomic E-state index is 0.0866. The van der Waals surface area contributed by atoms with Crippen molar-refractivity contribution in [2.45, 2.75) is 5.75 Å². The van der Waals surface area contributed by atoms with E-state index in [4.69, 9.17) is 11.6 Å². The number of thioether (sulfide) groups is 1. The molecule has 0 spiro atoms. The molecule has 0 atom stereocenters. The molecule has 0 saturated carbocycles. The third kappa shape index (κ3) is 4.08. The summed E-state index contributed by atoms with van der Waals surface area (Å²) in [5, 5.41) is 4.46. The summed E-state index contributed by atoms with van der Waals surface area (Å²) >= 11 is 9.57. The molecule has 0 saturated heterocycles. The van der Waals surface area contributed by atoms with E-state index in [9.17, 15) is 4.79 Å². The Balaban J connectivity index is 1.50. The average Bonchev–Trinajstić information content (AvgIpc) is 2.93. The Morgan fingerprint density at radius 3 is 2.61 bits per heavy atom. The van der Waals surface area contributed by atoms with Crippen LogP contribution in [-0.4, -0.2) is 18.2 Å². The molecule has 1 amide bonds. The van der Waals surface area contributed by atoms with Crippen LogP contribution in [0.2, 0.25) is 5.02 Å². The van der Waals surface area contributed by atoms with Gasteiger partial charge in [-0.15, -0.1) is 11.3 Å². The number of carbonyl (C=O) groups excluding carboxylic acids is 1. The summed E-state index contributed by atoms with van der Waals surface area (Å²) in [6, 6.07) is 18.1. The molecule has 3 aromatic rings. The minimum Gasteiger partial charge on any atom is -0.350 e. The lowest BCUT2D eigenvalue weighted by atomic mass is 10.2. The van der Waals surface area contributed by atoms with Crippen LogP contribution in [0.15, 0.2) is 54.6 Å². The minimum atomic E-state index is -0.0866. The number of fused-ring (bicyclic) bond motifs is 1. The van der Waals surface area contributed by atoms with Gasteiger partial charge >= 0.3 is 0 Å². The van der Waals surface area contributed by atoms with Crippen LogP contribution in [0.3, 0.4) is 0 Å². The molecule has 1 aromatic heterocycles. The van der Waals surface area contributed by atoms with E-state index in [1.165, 1.54) is 16.9 Å². The maximum Gasteiger partial charge on any atom is 0.262 e. The van der Waals surface area contributed by atoms with E-state index >= 15 is 0 Å². The predicted molar refractivity (Wildman–Crippen MR) is 102 cm³/mol. The van der Waals surface area contributed by atoms with Crippen molar-refractivity contribution in [3.8, 4) is 0 Å². The van der Waals surface area contributed by atoms with Crippen molar-refractivity contribution in [2.75, 3.05) is 12.3 Å². The fourth-order valence-electron chi connectivity index (χ4n) is 2.24. The third-order valence-corrected chi connectivity index (χ3v) is 6.09. The van der Waals surface area contributed by atoms with Gasteiger partial charge in [0, 0.05) is 28.1 Å². The molecular weight excluding hydrogens is 346 g/mol. The summed E-state index contributed by atoms with van der Waals surface area (Å²) in [4.78, 5) is 12.9. The number of rotatable bonds is 6. The molecule has 1 N–H and O–H groups in total. The normalized spacial score (nSPS) is 10.8. The number of halogens is 1. The van der Waals surface area contributed by atoms with E-state index in [-0.39, 0.29) is 5.91 Å². The van der Waals surface area contributed by atoms with E-state index in [0.29, 0.717) is 16.4 Å². The Kier molecular flexibility index (Phi) is 5.60. The molecule has 0 bridgehead atoms. The Hall–Kier alpha value is -1.49. The molecule has 0 aliphatic carbocycles. The van der Waals surface area contributed by atoms with Crippen molar-refractivity contribution in [1.82, 2.24) is 5.32 Å². The zero-order chi connectivity index (χ0) is 16.1. The molecule has 0 unspecified atom stereocenters. The van der Waals surface area contributed by atoms with Gasteiger partial charge in [-0.3, -0.25) is 4.79 Å². The Morgan fingerprint density at radius 2 is 1.83 bits per heavy atom. The summed E-state index contributed by atoms with van der Waals surface area (Å²) in [7, 11) is 0. The van der Waals surface area contributed by atoms with Gasteiger partial charge in [0.05, 0.1) is 5.02 Å². The van der Waals surface area contributed by atoms with Crippen LogP contribution in [0.25, 0.3) is 10.1 Å². The van der Waals surface area contributed by atoms with Crippen molar-refractivity contribution in [1.29, 1.82) is 0 Å². The monoisotopic (exact) mass is 361 g/mol. The Morgan fingerprint density at radius 1 is 1.09 bits per heavy atom. The van der Waals surface area contributed by atoms with Gasteiger partial charge in [-0.2, -0.15) is 11.8 Å². The van der Waals surface area contributed by atoms with Gasteiger partial charge in [0.2, 0.25) is 0 Å². The highest BCUT2D eigenvalue weighted by molar-refractivity contribution is 7.98. The Labute approximate surface area is 148 Å². The van der Waals surface area contributed by atoms with Gasteiger partial charge in [-0.1, -0.05) is 60.1 Å². The number of benzene rings is 2. The Bertz CT molecular complexity index is 801. The molecule has 3 rings (SSSR count). The first kappa shape index (κ1) is 16.4. The lowest BCUT2D eigenvalue weighted by Crippen LogP contribution is -2.25. The summed E-state index contributed by atoms with van der Waals surface area (Å²) in [5.41, 5.74) is 1.30. The highest BCUT2D eigenvalue weighted by Gasteiger charge is 2.16. The fourth-order valence-corrected chi connectivity index (χ4v) is 4.49. The van der Waals surface area contributed by atoms with E-state index in [1.54, 1.807) is 0 Å². The second-order valence-corrected chi connectivity index (χ2v) is 7.57. The lowest BCUT2D eigenvalue weighted by molar-refractivity contribution is 0.0960. The largest absolute Gasteiger partial charge is 0.350 e. The highest BCUT2D eigenvalue weighted by atomic mass is 35.5. The summed E-state index contributed by atoms with van der Waals surface area (Å²) in [6.45, 7) is 0.640. The second kappa shape index (κ2) is 7.86. The maximum absolute atomic E-state index is 12.3. The highest BCUT2D eigenvalue weighted by Crippen LogP contribution is 2.34. The fraction of sp³-hybridized carbons (Fsp3) is 0.167. The van der Waals surface area contributed by atoms with Crippen LogP contribution in [0, 0.1) is 0 Å². The lowest BCUT2D eigenvalue weighted by Gasteiger charge is -2.04. The first-order chi connectivity index (χ1) is 11.3. The van der Waals surface area contributed by atoms with E-state index < -0.39 is 0 Å². The summed E-state index contributed by atoms with van der Waals surface area (Å²) < 4.78 is 1.04. The van der Waals surface area contributed by atoms with E-state index in [1.807, 2.05) is 54.2 Å². The van der Waals surface area contributed by atoms with Gasteiger partial charge in [-0.05, 0) is 11.6 Å². The molecule has 2 nitrogen and oxygen atoms in total. The average molecular weight is 362 g/mol. The first-order valence-electron chi connectivity index (χ1n) is 7.32. The molecule has 0 aliphatic heterocycles. The third-order valence-electron chi connectivity index (χ3n) is 3.38. The second-order valence-electron chi connectivity index (χ2n) is 5.04. The molecule has 2 aromatic carbocycles. The van der Waals surface area contributed by atoms with Crippen molar-refractivity contribution in [3.05, 3.63) is 70.1 Å². The number of carbonyl (C=O) groups is 1. The molecule has 0 fully saturated rings. The number of amides is 1. The molecule has 0 radical (unpaired) electrons. The number of hydrogen-bond acceptors (Lipinski definition) is 3. The molecule has 118 valence electrons. The zero-order valence-electron chi connectivity index (χ0n) is 12.4. The van der Waals surface area contributed by atoms with E-state index in [0.717, 1.165) is 21.6 Å². The van der Waals surface area contributed by atoms with Crippen LogP contribution in [-0.2, 0) is 5.75 Å². The first-order valence-corrected chi connectivity index (χ1v) is 9.67. The number of hydrogen-bond donors (Lipinski definition) is 1. The zero-order valence-corrected chi connectivity index (χ0v) is 14.8. The molecule has 0 aliphatic rings. The predicted octanol–water partition coefficient (Wildman–Crippen LogP) is 5.22. The standard InChI is InChI=1S/C18H16ClNOS2/c19-16-14-8-4-5-9-15(14)23-17(16)18(21)20-10-11-22-12-13-6-2-1-3-7-13/h1-9H,10-12H2,(H,20,21). The van der Waals surface area contributed by atoms with Gasteiger partial charge in [-0.25, -0.2) is 0 Å². The topological polar surface area (TPSA) is 29.1 Å². The maximum atomic E-state index is 12.3. The summed E-state index contributed by atoms with van der Waals surface area (Å²) in [5.74, 6) is 1.75. The van der Waals surface area contributed by atoms with Crippen LogP contribution >= 0.6 is 34.7 Å². The number of nitrogens with one attached hydrogen (secondary N) is 1. The van der Waals surface area contributed by atoms with Crippen molar-refractivity contribution in [2.24, 2.45) is 0 Å². The smallest absolute Gasteiger partial charge is 0.262 e. The van der Waals surface area contributed by atoms with Gasteiger partial charge < -0.3 is 5.32 Å². The molecule has 1 heterocycles. The van der Waals surface area contributed by atoms with E-state index in [2.05, 4.69) is 17.4 Å². The SMILES string of the molecule is O=C(NCCSCc1ccccc1)c1sc2ccccc2c1Cl.